The minimum Gasteiger partial charge on any atom is -0.489 e. The van der Waals surface area contributed by atoms with E-state index in [-0.39, 0.29) is 36.1 Å². The van der Waals surface area contributed by atoms with Gasteiger partial charge in [-0.15, -0.1) is 0 Å². The number of ether oxygens (including phenoxy) is 2. The molecule has 10 nitrogen and oxygen atoms in total. The van der Waals surface area contributed by atoms with Crippen LogP contribution < -0.4 is 25.6 Å². The molecule has 0 saturated carbocycles. The van der Waals surface area contributed by atoms with Gasteiger partial charge in [-0.2, -0.15) is 0 Å². The molecule has 4 rings (SSSR count). The fraction of sp³-hybridized carbons (Fsp3) is 0.593. The maximum Gasteiger partial charge on any atom is 0.236 e. The molecular weight excluding hydrogens is 474 g/mol. The fourth-order valence-corrected chi connectivity index (χ4v) is 5.13. The molecule has 1 aromatic carbocycles. The van der Waals surface area contributed by atoms with Crippen molar-refractivity contribution in [3.63, 3.8) is 0 Å². The lowest BCUT2D eigenvalue weighted by Gasteiger charge is -2.37. The number of piperidine rings is 1. The maximum absolute atomic E-state index is 13.0. The second-order valence-corrected chi connectivity index (χ2v) is 9.82. The van der Waals surface area contributed by atoms with Crippen molar-refractivity contribution in [1.82, 2.24) is 20.9 Å². The SMILES string of the molecule is CC(=O)NCCNC(=O)C[C@@H]1CCN2C[C@@H]1/C=C/COc1ccc(N3CCOCC3)cc1CNCC2=O. The van der Waals surface area contributed by atoms with E-state index in [1.54, 1.807) is 0 Å². The Bertz CT molecular complexity index is 978. The Kier molecular flexibility index (Phi) is 9.78. The molecule has 2 fully saturated rings. The molecule has 3 N–H and O–H groups in total. The predicted octanol–water partition coefficient (Wildman–Crippen LogP) is 0.669. The Morgan fingerprint density at radius 1 is 1.08 bits per heavy atom. The summed E-state index contributed by atoms with van der Waals surface area (Å²) in [6, 6.07) is 6.23. The molecule has 0 aromatic heterocycles. The van der Waals surface area contributed by atoms with Crippen LogP contribution in [0.15, 0.2) is 30.4 Å². The highest BCUT2D eigenvalue weighted by Gasteiger charge is 2.31. The zero-order valence-electron chi connectivity index (χ0n) is 21.7. The van der Waals surface area contributed by atoms with Crippen LogP contribution in [-0.2, 0) is 25.7 Å². The van der Waals surface area contributed by atoms with Gasteiger partial charge in [0.2, 0.25) is 17.7 Å². The summed E-state index contributed by atoms with van der Waals surface area (Å²) in [5.74, 6) is 0.947. The van der Waals surface area contributed by atoms with Crippen LogP contribution >= 0.6 is 0 Å². The van der Waals surface area contributed by atoms with Crippen LogP contribution in [0.2, 0.25) is 0 Å². The summed E-state index contributed by atoms with van der Waals surface area (Å²) in [4.78, 5) is 40.7. The molecule has 2 atom stereocenters. The van der Waals surface area contributed by atoms with Crippen LogP contribution in [0.25, 0.3) is 0 Å². The first kappa shape index (κ1) is 26.9. The summed E-state index contributed by atoms with van der Waals surface area (Å²) in [5.41, 5.74) is 2.16. The Balaban J connectivity index is 1.40. The molecule has 202 valence electrons. The molecule has 10 heteroatoms. The Morgan fingerprint density at radius 3 is 2.70 bits per heavy atom. The number of hydrogen-bond acceptors (Lipinski definition) is 7. The Labute approximate surface area is 218 Å². The summed E-state index contributed by atoms with van der Waals surface area (Å²) in [5, 5.41) is 8.87. The third-order valence-corrected chi connectivity index (χ3v) is 7.16. The van der Waals surface area contributed by atoms with Gasteiger partial charge in [0.05, 0.1) is 19.8 Å². The highest BCUT2D eigenvalue weighted by Crippen LogP contribution is 2.29. The van der Waals surface area contributed by atoms with Crippen LogP contribution in [0, 0.1) is 11.8 Å². The molecule has 1 aromatic rings. The minimum absolute atomic E-state index is 0.0330. The summed E-state index contributed by atoms with van der Waals surface area (Å²) in [6.07, 6.45) is 5.26. The molecule has 0 spiro atoms. The summed E-state index contributed by atoms with van der Waals surface area (Å²) in [7, 11) is 0. The van der Waals surface area contributed by atoms with Crippen LogP contribution in [0.1, 0.15) is 25.3 Å². The number of anilines is 1. The van der Waals surface area contributed by atoms with Crippen LogP contribution in [0.4, 0.5) is 5.69 Å². The van der Waals surface area contributed by atoms with E-state index < -0.39 is 0 Å². The Morgan fingerprint density at radius 2 is 1.89 bits per heavy atom. The highest BCUT2D eigenvalue weighted by atomic mass is 16.5. The second-order valence-electron chi connectivity index (χ2n) is 9.82. The number of carbonyl (C=O) groups is 3. The third kappa shape index (κ3) is 7.93. The molecule has 2 saturated heterocycles. The van der Waals surface area contributed by atoms with Crippen molar-refractivity contribution in [1.29, 1.82) is 0 Å². The minimum atomic E-state index is -0.114. The Hall–Kier alpha value is -3.11. The second kappa shape index (κ2) is 13.4. The molecule has 0 aliphatic carbocycles. The van der Waals surface area contributed by atoms with Gasteiger partial charge in [-0.25, -0.2) is 0 Å². The van der Waals surface area contributed by atoms with E-state index in [9.17, 15) is 14.4 Å². The zero-order chi connectivity index (χ0) is 26.0. The smallest absolute Gasteiger partial charge is 0.236 e. The van der Waals surface area contributed by atoms with Gasteiger partial charge in [-0.1, -0.05) is 12.2 Å². The van der Waals surface area contributed by atoms with Gasteiger partial charge < -0.3 is 35.2 Å². The maximum atomic E-state index is 13.0. The third-order valence-electron chi connectivity index (χ3n) is 7.16. The first-order valence-electron chi connectivity index (χ1n) is 13.2. The van der Waals surface area contributed by atoms with Gasteiger partial charge in [-0.3, -0.25) is 14.4 Å². The topological polar surface area (TPSA) is 112 Å². The van der Waals surface area contributed by atoms with Gasteiger partial charge in [0.1, 0.15) is 12.4 Å². The normalized spacial score (nSPS) is 23.4. The number of amides is 3. The summed E-state index contributed by atoms with van der Waals surface area (Å²) >= 11 is 0. The van der Waals surface area contributed by atoms with Gasteiger partial charge in [0.25, 0.3) is 0 Å². The average Bonchev–Trinajstić information content (AvgIpc) is 2.91. The first-order valence-corrected chi connectivity index (χ1v) is 13.2. The van der Waals surface area contributed by atoms with Crippen molar-refractivity contribution < 1.29 is 23.9 Å². The molecule has 2 bridgehead atoms. The molecule has 0 unspecified atom stereocenters. The molecule has 3 aliphatic rings. The lowest BCUT2D eigenvalue weighted by Crippen LogP contribution is -2.47. The van der Waals surface area contributed by atoms with Crippen molar-refractivity contribution in [2.75, 3.05) is 70.5 Å². The van der Waals surface area contributed by atoms with E-state index in [1.165, 1.54) is 6.92 Å². The monoisotopic (exact) mass is 513 g/mol. The molecule has 0 radical (unpaired) electrons. The van der Waals surface area contributed by atoms with Crippen molar-refractivity contribution >= 4 is 23.4 Å². The van der Waals surface area contributed by atoms with Crippen molar-refractivity contribution in [3.05, 3.63) is 35.9 Å². The number of nitrogens with zero attached hydrogens (tertiary/aromatic N) is 2. The van der Waals surface area contributed by atoms with Gasteiger partial charge in [0, 0.05) is 70.4 Å². The summed E-state index contributed by atoms with van der Waals surface area (Å²) in [6.45, 7) is 7.90. The average molecular weight is 514 g/mol. The lowest BCUT2D eigenvalue weighted by molar-refractivity contribution is -0.132. The van der Waals surface area contributed by atoms with E-state index in [4.69, 9.17) is 9.47 Å². The molecule has 37 heavy (non-hydrogen) atoms. The van der Waals surface area contributed by atoms with Crippen LogP contribution in [-0.4, -0.2) is 88.3 Å². The standard InChI is InChI=1S/C27H39N5O5/c1-20(33)29-7-8-30-26(34)16-21-6-9-32-19-22(21)3-2-12-37-25-5-4-24(31-10-13-36-14-11-31)15-23(25)17-28-18-27(32)35/h2-5,15,21-22,28H,6-14,16-19H2,1H3,(H,29,33)(H,30,34)/b3-2+/t21-,22-/m0/s1. The van der Waals surface area contributed by atoms with Crippen molar-refractivity contribution in [2.24, 2.45) is 11.8 Å². The van der Waals surface area contributed by atoms with Crippen LogP contribution in [0.5, 0.6) is 5.75 Å². The van der Waals surface area contributed by atoms with Crippen molar-refractivity contribution in [3.8, 4) is 5.75 Å². The zero-order valence-corrected chi connectivity index (χ0v) is 21.7. The number of fused-ring (bicyclic) bond motifs is 3. The molecular formula is C27H39N5O5. The number of morpholine rings is 1. The predicted molar refractivity (Wildman–Crippen MR) is 140 cm³/mol. The van der Waals surface area contributed by atoms with Gasteiger partial charge >= 0.3 is 0 Å². The van der Waals surface area contributed by atoms with E-state index in [1.807, 2.05) is 17.0 Å². The number of hydrogen-bond donors (Lipinski definition) is 3. The largest absolute Gasteiger partial charge is 0.489 e. The van der Waals surface area contributed by atoms with E-state index in [0.717, 1.165) is 49.7 Å². The number of carbonyl (C=O) groups excluding carboxylic acids is 3. The summed E-state index contributed by atoms with van der Waals surface area (Å²) < 4.78 is 11.6. The molecule has 3 amide bonds. The van der Waals surface area contributed by atoms with Gasteiger partial charge in [-0.05, 0) is 36.5 Å². The number of benzene rings is 1. The number of nitrogens with one attached hydrogen (secondary N) is 3. The van der Waals surface area contributed by atoms with E-state index in [2.05, 4.69) is 39.1 Å². The fourth-order valence-electron chi connectivity index (χ4n) is 5.13. The number of rotatable bonds is 6. The van der Waals surface area contributed by atoms with Gasteiger partial charge in [0.15, 0.2) is 0 Å². The quantitative estimate of drug-likeness (QED) is 0.379. The first-order chi connectivity index (χ1) is 18.0. The highest BCUT2D eigenvalue weighted by molar-refractivity contribution is 5.79. The molecule has 3 heterocycles. The molecule has 3 aliphatic heterocycles. The van der Waals surface area contributed by atoms with Crippen LogP contribution in [0.3, 0.4) is 0 Å². The van der Waals surface area contributed by atoms with E-state index in [0.29, 0.717) is 45.8 Å². The van der Waals surface area contributed by atoms with E-state index >= 15 is 0 Å². The van der Waals surface area contributed by atoms with Crippen molar-refractivity contribution in [2.45, 2.75) is 26.3 Å². The lowest BCUT2D eigenvalue weighted by atomic mass is 9.82.